The lowest BCUT2D eigenvalue weighted by Crippen LogP contribution is -2.35. The van der Waals surface area contributed by atoms with Crippen LogP contribution >= 0.6 is 0 Å². The molecule has 2 aromatic rings. The molecule has 1 aromatic heterocycles. The second kappa shape index (κ2) is 12.8. The summed E-state index contributed by atoms with van der Waals surface area (Å²) >= 11 is 0. The van der Waals surface area contributed by atoms with Crippen LogP contribution in [-0.4, -0.2) is 55.3 Å². The average molecular weight is 563 g/mol. The summed E-state index contributed by atoms with van der Waals surface area (Å²) in [5.74, 6) is -0.0133. The Bertz CT molecular complexity index is 1230. The zero-order valence-corrected chi connectivity index (χ0v) is 23.8. The van der Waals surface area contributed by atoms with Gasteiger partial charge in [-0.25, -0.2) is 0 Å². The highest BCUT2D eigenvalue weighted by molar-refractivity contribution is 5.99. The standard InChI is InChI=1S/C30H41F3N4O3/c1-19-24(6-5-7-26(19)30(31,32)33)20(2)35-29(39)25-18-37(23-12-14-40-15-13-23)28(38)16-27(25)34-17-21-8-10-22(11-9-21)36(3)4/h5-7,16,18,20-23,34H,8-15,17H2,1-4H3,(H,35,39)/t20-,21-,22+/m1/s1. The number of hydrogen-bond donors (Lipinski definition) is 2. The first-order valence-corrected chi connectivity index (χ1v) is 14.2. The number of nitrogens with one attached hydrogen (secondary N) is 2. The van der Waals surface area contributed by atoms with Crippen LogP contribution in [0.3, 0.4) is 0 Å². The van der Waals surface area contributed by atoms with E-state index >= 15 is 0 Å². The molecule has 4 rings (SSSR count). The quantitative estimate of drug-likeness (QED) is 0.441. The normalized spacial score (nSPS) is 21.3. The number of ether oxygens (including phenoxy) is 1. The van der Waals surface area contributed by atoms with Gasteiger partial charge in [0.25, 0.3) is 11.5 Å². The Balaban J connectivity index is 1.57. The molecule has 1 amide bonds. The van der Waals surface area contributed by atoms with Gasteiger partial charge in [0.1, 0.15) is 0 Å². The Morgan fingerprint density at radius 2 is 1.80 bits per heavy atom. The van der Waals surface area contributed by atoms with Crippen LogP contribution in [0.2, 0.25) is 0 Å². The Morgan fingerprint density at radius 3 is 2.42 bits per heavy atom. The molecular formula is C30H41F3N4O3. The van der Waals surface area contributed by atoms with Crippen molar-refractivity contribution in [2.75, 3.05) is 39.2 Å². The van der Waals surface area contributed by atoms with Crippen molar-refractivity contribution in [3.05, 3.63) is 63.1 Å². The first-order valence-electron chi connectivity index (χ1n) is 14.2. The number of benzene rings is 1. The Morgan fingerprint density at radius 1 is 1.12 bits per heavy atom. The monoisotopic (exact) mass is 562 g/mol. The predicted octanol–water partition coefficient (Wildman–Crippen LogP) is 5.55. The van der Waals surface area contributed by atoms with Crippen LogP contribution in [0, 0.1) is 12.8 Å². The molecule has 2 heterocycles. The lowest BCUT2D eigenvalue weighted by atomic mass is 9.85. The number of carbonyl (C=O) groups excluding carboxylic acids is 1. The SMILES string of the molecule is Cc1c([C@@H](C)NC(=O)c2cn(C3CCOCC3)c(=O)cc2NC[C@H]2CC[C@@H](N(C)C)CC2)cccc1C(F)(F)F. The maximum atomic E-state index is 13.6. The topological polar surface area (TPSA) is 75.6 Å². The minimum atomic E-state index is -4.48. The van der Waals surface area contributed by atoms with Gasteiger partial charge >= 0.3 is 6.18 Å². The summed E-state index contributed by atoms with van der Waals surface area (Å²) < 4.78 is 47.5. The van der Waals surface area contributed by atoms with E-state index in [4.69, 9.17) is 4.74 Å². The fourth-order valence-electron chi connectivity index (χ4n) is 6.03. The van der Waals surface area contributed by atoms with E-state index in [1.54, 1.807) is 23.8 Å². The summed E-state index contributed by atoms with van der Waals surface area (Å²) in [7, 11) is 4.20. The van der Waals surface area contributed by atoms with Crippen LogP contribution in [0.25, 0.3) is 0 Å². The number of halogens is 3. The zero-order valence-electron chi connectivity index (χ0n) is 23.8. The summed E-state index contributed by atoms with van der Waals surface area (Å²) in [6.07, 6.45) is 2.78. The third-order valence-corrected chi connectivity index (χ3v) is 8.53. The van der Waals surface area contributed by atoms with Crippen molar-refractivity contribution in [3.8, 4) is 0 Å². The minimum Gasteiger partial charge on any atom is -0.384 e. The van der Waals surface area contributed by atoms with Crippen molar-refractivity contribution >= 4 is 11.6 Å². The number of carbonyl (C=O) groups is 1. The molecule has 7 nitrogen and oxygen atoms in total. The van der Waals surface area contributed by atoms with Crippen LogP contribution < -0.4 is 16.2 Å². The molecule has 1 aliphatic carbocycles. The smallest absolute Gasteiger partial charge is 0.384 e. The van der Waals surface area contributed by atoms with E-state index in [0.717, 1.165) is 31.7 Å². The van der Waals surface area contributed by atoms with E-state index in [1.807, 2.05) is 0 Å². The van der Waals surface area contributed by atoms with Crippen molar-refractivity contribution in [1.29, 1.82) is 0 Å². The molecule has 0 bridgehead atoms. The lowest BCUT2D eigenvalue weighted by molar-refractivity contribution is -0.138. The van der Waals surface area contributed by atoms with E-state index in [9.17, 15) is 22.8 Å². The molecule has 1 saturated carbocycles. The van der Waals surface area contributed by atoms with Crippen LogP contribution in [0.5, 0.6) is 0 Å². The van der Waals surface area contributed by atoms with Gasteiger partial charge in [-0.1, -0.05) is 12.1 Å². The molecule has 0 unspecified atom stereocenters. The van der Waals surface area contributed by atoms with Crippen molar-refractivity contribution < 1.29 is 22.7 Å². The van der Waals surface area contributed by atoms with E-state index in [-0.39, 0.29) is 17.2 Å². The molecule has 40 heavy (non-hydrogen) atoms. The number of rotatable bonds is 8. The third kappa shape index (κ3) is 7.07. The van der Waals surface area contributed by atoms with Crippen molar-refractivity contribution in [2.24, 2.45) is 5.92 Å². The minimum absolute atomic E-state index is 0.0775. The molecule has 1 aromatic carbocycles. The number of alkyl halides is 3. The second-order valence-corrected chi connectivity index (χ2v) is 11.4. The number of aromatic nitrogens is 1. The second-order valence-electron chi connectivity index (χ2n) is 11.4. The van der Waals surface area contributed by atoms with Crippen LogP contribution in [0.1, 0.15) is 84.6 Å². The maximum Gasteiger partial charge on any atom is 0.416 e. The van der Waals surface area contributed by atoms with Gasteiger partial charge in [-0.3, -0.25) is 9.59 Å². The Kier molecular flexibility index (Phi) is 9.61. The molecule has 0 radical (unpaired) electrons. The number of hydrogen-bond acceptors (Lipinski definition) is 5. The highest BCUT2D eigenvalue weighted by atomic mass is 19.4. The van der Waals surface area contributed by atoms with E-state index in [0.29, 0.717) is 61.4 Å². The largest absolute Gasteiger partial charge is 0.416 e. The molecule has 220 valence electrons. The van der Waals surface area contributed by atoms with Gasteiger partial charge < -0.3 is 24.8 Å². The molecule has 0 spiro atoms. The molecule has 1 aliphatic heterocycles. The molecule has 2 aliphatic rings. The molecule has 10 heteroatoms. The lowest BCUT2D eigenvalue weighted by Gasteiger charge is -2.33. The van der Waals surface area contributed by atoms with Gasteiger partial charge in [-0.05, 0) is 89.6 Å². The van der Waals surface area contributed by atoms with Gasteiger partial charge in [0, 0.05) is 44.1 Å². The molecule has 1 saturated heterocycles. The van der Waals surface area contributed by atoms with Crippen LogP contribution in [0.4, 0.5) is 18.9 Å². The van der Waals surface area contributed by atoms with Gasteiger partial charge in [0.05, 0.1) is 22.9 Å². The van der Waals surface area contributed by atoms with E-state index < -0.39 is 23.7 Å². The average Bonchev–Trinajstić information content (AvgIpc) is 2.92. The van der Waals surface area contributed by atoms with E-state index in [2.05, 4.69) is 29.6 Å². The summed E-state index contributed by atoms with van der Waals surface area (Å²) in [5.41, 5.74) is 0.335. The molecular weight excluding hydrogens is 521 g/mol. The summed E-state index contributed by atoms with van der Waals surface area (Å²) in [4.78, 5) is 29.0. The van der Waals surface area contributed by atoms with Crippen LogP contribution in [-0.2, 0) is 10.9 Å². The first-order chi connectivity index (χ1) is 19.0. The molecule has 2 N–H and O–H groups in total. The summed E-state index contributed by atoms with van der Waals surface area (Å²) in [5, 5.41) is 6.26. The van der Waals surface area contributed by atoms with Gasteiger partial charge in [0.2, 0.25) is 0 Å². The third-order valence-electron chi connectivity index (χ3n) is 8.53. The maximum absolute atomic E-state index is 13.6. The fraction of sp³-hybridized carbons (Fsp3) is 0.600. The summed E-state index contributed by atoms with van der Waals surface area (Å²) in [6, 6.07) is 5.31. The van der Waals surface area contributed by atoms with Gasteiger partial charge in [0.15, 0.2) is 0 Å². The first kappa shape index (κ1) is 30.1. The number of anilines is 1. The summed E-state index contributed by atoms with van der Waals surface area (Å²) in [6.45, 7) is 4.82. The number of amides is 1. The van der Waals surface area contributed by atoms with E-state index in [1.165, 1.54) is 19.1 Å². The van der Waals surface area contributed by atoms with Crippen LogP contribution in [0.15, 0.2) is 35.3 Å². The Labute approximate surface area is 234 Å². The highest BCUT2D eigenvalue weighted by Gasteiger charge is 2.33. The number of pyridine rings is 1. The highest BCUT2D eigenvalue weighted by Crippen LogP contribution is 2.35. The Hall–Kier alpha value is -2.85. The zero-order chi connectivity index (χ0) is 29.0. The fourth-order valence-corrected chi connectivity index (χ4v) is 6.03. The van der Waals surface area contributed by atoms with Crippen molar-refractivity contribution in [1.82, 2.24) is 14.8 Å². The molecule has 1 atom stereocenters. The molecule has 2 fully saturated rings. The number of nitrogens with zero attached hydrogens (tertiary/aromatic N) is 2. The van der Waals surface area contributed by atoms with Gasteiger partial charge in [-0.2, -0.15) is 13.2 Å². The van der Waals surface area contributed by atoms with Gasteiger partial charge in [-0.15, -0.1) is 0 Å². The van der Waals surface area contributed by atoms with Crippen molar-refractivity contribution in [2.45, 2.75) is 76.7 Å². The predicted molar refractivity (Wildman–Crippen MR) is 150 cm³/mol. The van der Waals surface area contributed by atoms with Crippen molar-refractivity contribution in [3.63, 3.8) is 0 Å².